The van der Waals surface area contributed by atoms with Gasteiger partial charge in [0.15, 0.2) is 10.5 Å². The number of carbonyl (C=O) groups is 2. The summed E-state index contributed by atoms with van der Waals surface area (Å²) in [6.07, 6.45) is -4.61. The fraction of sp³-hybridized carbons (Fsp3) is 0.444. The summed E-state index contributed by atoms with van der Waals surface area (Å²) in [5.41, 5.74) is 3.54. The Labute approximate surface area is 109 Å². The van der Waals surface area contributed by atoms with E-state index in [4.69, 9.17) is 5.73 Å². The minimum Gasteiger partial charge on any atom is -0.327 e. The van der Waals surface area contributed by atoms with Crippen LogP contribution in [0, 0.1) is 6.92 Å². The van der Waals surface area contributed by atoms with Crippen LogP contribution in [0.1, 0.15) is 15.6 Å². The molecule has 6 nitrogen and oxygen atoms in total. The molecule has 1 unspecified atom stereocenters. The Bertz CT molecular complexity index is 556. The zero-order chi connectivity index (χ0) is 14.4. The van der Waals surface area contributed by atoms with Crippen molar-refractivity contribution in [3.63, 3.8) is 0 Å². The van der Waals surface area contributed by atoms with E-state index in [9.17, 15) is 22.8 Å². The first kappa shape index (κ1) is 13.7. The maximum Gasteiger partial charge on any atom is 0.443 e. The molecular formula is C9H9F3N4O2S. The molecule has 104 valence electrons. The standard InChI is InChI=1S/C9H9F3N4O2S/c1-3-4(14-6(19-3)9(10,11)12)8(2-13)5(17)15-7(18)16-8/h2,13H2,1H3,(H2,15,16,17,18). The van der Waals surface area contributed by atoms with E-state index in [1.165, 1.54) is 6.92 Å². The number of thiazole rings is 1. The van der Waals surface area contributed by atoms with Gasteiger partial charge in [-0.25, -0.2) is 9.78 Å². The van der Waals surface area contributed by atoms with E-state index in [2.05, 4.69) is 10.3 Å². The number of alkyl halides is 3. The molecule has 1 aromatic rings. The van der Waals surface area contributed by atoms with Crippen LogP contribution in [0.25, 0.3) is 0 Å². The Morgan fingerprint density at radius 3 is 2.42 bits per heavy atom. The Morgan fingerprint density at radius 1 is 1.42 bits per heavy atom. The summed E-state index contributed by atoms with van der Waals surface area (Å²) in [7, 11) is 0. The van der Waals surface area contributed by atoms with Crippen molar-refractivity contribution in [2.24, 2.45) is 5.73 Å². The van der Waals surface area contributed by atoms with Crippen molar-refractivity contribution in [2.75, 3.05) is 6.54 Å². The molecule has 0 spiro atoms. The van der Waals surface area contributed by atoms with Crippen LogP contribution in [0.5, 0.6) is 0 Å². The lowest BCUT2D eigenvalue weighted by atomic mass is 9.95. The molecule has 19 heavy (non-hydrogen) atoms. The van der Waals surface area contributed by atoms with Gasteiger partial charge in [0.2, 0.25) is 0 Å². The van der Waals surface area contributed by atoms with E-state index in [0.29, 0.717) is 11.3 Å². The van der Waals surface area contributed by atoms with Gasteiger partial charge in [0.05, 0.1) is 5.69 Å². The van der Waals surface area contributed by atoms with Gasteiger partial charge in [0.1, 0.15) is 0 Å². The van der Waals surface area contributed by atoms with Crippen LogP contribution in [0.2, 0.25) is 0 Å². The molecule has 1 saturated heterocycles. The molecule has 2 heterocycles. The smallest absolute Gasteiger partial charge is 0.327 e. The first-order valence-electron chi connectivity index (χ1n) is 5.09. The minimum absolute atomic E-state index is 0.171. The number of hydrogen-bond donors (Lipinski definition) is 3. The molecule has 0 radical (unpaired) electrons. The van der Waals surface area contributed by atoms with Crippen LogP contribution in [0.4, 0.5) is 18.0 Å². The molecule has 1 aromatic heterocycles. The summed E-state index contributed by atoms with van der Waals surface area (Å²) in [5, 5.41) is 3.11. The molecule has 2 rings (SSSR count). The number of nitrogens with zero attached hydrogens (tertiary/aromatic N) is 1. The maximum atomic E-state index is 12.6. The number of aromatic nitrogens is 1. The van der Waals surface area contributed by atoms with E-state index in [-0.39, 0.29) is 17.1 Å². The van der Waals surface area contributed by atoms with E-state index in [1.807, 2.05) is 5.32 Å². The lowest BCUT2D eigenvalue weighted by molar-refractivity contribution is -0.138. The lowest BCUT2D eigenvalue weighted by Crippen LogP contribution is -2.50. The number of halogens is 3. The monoisotopic (exact) mass is 294 g/mol. The summed E-state index contributed by atoms with van der Waals surface area (Å²) in [4.78, 5) is 26.5. The summed E-state index contributed by atoms with van der Waals surface area (Å²) in [6, 6.07) is -0.809. The van der Waals surface area contributed by atoms with Crippen LogP contribution in [0.15, 0.2) is 0 Å². The van der Waals surface area contributed by atoms with Gasteiger partial charge in [0, 0.05) is 11.4 Å². The molecule has 1 fully saturated rings. The Hall–Kier alpha value is -1.68. The molecule has 0 aromatic carbocycles. The fourth-order valence-electron chi connectivity index (χ4n) is 1.81. The molecule has 4 N–H and O–H groups in total. The maximum absolute atomic E-state index is 12.6. The average molecular weight is 294 g/mol. The van der Waals surface area contributed by atoms with Crippen molar-refractivity contribution < 1.29 is 22.8 Å². The van der Waals surface area contributed by atoms with Crippen molar-refractivity contribution in [1.29, 1.82) is 0 Å². The number of amides is 3. The number of urea groups is 1. The summed E-state index contributed by atoms with van der Waals surface area (Å²) < 4.78 is 37.8. The third-order valence-electron chi connectivity index (χ3n) is 2.69. The second kappa shape index (κ2) is 4.17. The van der Waals surface area contributed by atoms with E-state index in [0.717, 1.165) is 0 Å². The summed E-state index contributed by atoms with van der Waals surface area (Å²) in [5.74, 6) is -0.804. The van der Waals surface area contributed by atoms with Gasteiger partial charge in [-0.15, -0.1) is 11.3 Å². The van der Waals surface area contributed by atoms with Crippen LogP contribution in [0.3, 0.4) is 0 Å². The SMILES string of the molecule is Cc1sc(C(F)(F)F)nc1C1(CN)NC(=O)NC1=O. The average Bonchev–Trinajstić information content (AvgIpc) is 2.79. The molecule has 0 saturated carbocycles. The second-order valence-corrected chi connectivity index (χ2v) is 5.14. The van der Waals surface area contributed by atoms with Crippen LogP contribution >= 0.6 is 11.3 Å². The van der Waals surface area contributed by atoms with Gasteiger partial charge in [-0.2, -0.15) is 13.2 Å². The molecule has 0 aliphatic carbocycles. The van der Waals surface area contributed by atoms with Crippen molar-refractivity contribution in [2.45, 2.75) is 18.6 Å². The van der Waals surface area contributed by atoms with Gasteiger partial charge < -0.3 is 11.1 Å². The largest absolute Gasteiger partial charge is 0.443 e. The number of nitrogens with two attached hydrogens (primary N) is 1. The molecule has 1 atom stereocenters. The third kappa shape index (κ3) is 2.06. The first-order chi connectivity index (χ1) is 8.70. The highest BCUT2D eigenvalue weighted by Crippen LogP contribution is 2.37. The summed E-state index contributed by atoms with van der Waals surface area (Å²) >= 11 is 0.402. The number of nitrogens with one attached hydrogen (secondary N) is 2. The van der Waals surface area contributed by atoms with Crippen molar-refractivity contribution >= 4 is 23.3 Å². The predicted molar refractivity (Wildman–Crippen MR) is 59.3 cm³/mol. The third-order valence-corrected chi connectivity index (χ3v) is 3.71. The highest BCUT2D eigenvalue weighted by molar-refractivity contribution is 7.11. The highest BCUT2D eigenvalue weighted by atomic mass is 32.1. The van der Waals surface area contributed by atoms with Crippen molar-refractivity contribution in [3.05, 3.63) is 15.6 Å². The van der Waals surface area contributed by atoms with Gasteiger partial charge >= 0.3 is 12.2 Å². The molecule has 1 aliphatic heterocycles. The van der Waals surface area contributed by atoms with E-state index in [1.54, 1.807) is 0 Å². The Balaban J connectivity index is 2.54. The van der Waals surface area contributed by atoms with Crippen molar-refractivity contribution in [3.8, 4) is 0 Å². The molecule has 3 amide bonds. The van der Waals surface area contributed by atoms with Gasteiger partial charge in [0.25, 0.3) is 5.91 Å². The summed E-state index contributed by atoms with van der Waals surface area (Å²) in [6.45, 7) is 1.00. The number of aryl methyl sites for hydroxylation is 1. The molecular weight excluding hydrogens is 285 g/mol. The van der Waals surface area contributed by atoms with E-state index < -0.39 is 28.7 Å². The normalized spacial score (nSPS) is 23.4. The second-order valence-electron chi connectivity index (χ2n) is 3.94. The van der Waals surface area contributed by atoms with Gasteiger partial charge in [-0.1, -0.05) is 0 Å². The Morgan fingerprint density at radius 2 is 2.05 bits per heavy atom. The minimum atomic E-state index is -4.61. The molecule has 1 aliphatic rings. The van der Waals surface area contributed by atoms with E-state index >= 15 is 0 Å². The van der Waals surface area contributed by atoms with Crippen LogP contribution in [-0.2, 0) is 16.5 Å². The first-order valence-corrected chi connectivity index (χ1v) is 5.91. The van der Waals surface area contributed by atoms with Crippen LogP contribution in [-0.4, -0.2) is 23.5 Å². The highest BCUT2D eigenvalue weighted by Gasteiger charge is 2.50. The number of imide groups is 1. The zero-order valence-corrected chi connectivity index (χ0v) is 10.4. The Kier molecular flexibility index (Phi) is 3.01. The zero-order valence-electron chi connectivity index (χ0n) is 9.59. The quantitative estimate of drug-likeness (QED) is 0.690. The van der Waals surface area contributed by atoms with Gasteiger partial charge in [-0.3, -0.25) is 10.1 Å². The lowest BCUT2D eigenvalue weighted by Gasteiger charge is -2.22. The molecule has 0 bridgehead atoms. The molecule has 10 heteroatoms. The number of rotatable bonds is 2. The van der Waals surface area contributed by atoms with Crippen molar-refractivity contribution in [1.82, 2.24) is 15.6 Å². The number of carbonyl (C=O) groups excluding carboxylic acids is 2. The fourth-order valence-corrected chi connectivity index (χ4v) is 2.67. The predicted octanol–water partition coefficient (Wildman–Crippen LogP) is 0.464. The van der Waals surface area contributed by atoms with Crippen LogP contribution < -0.4 is 16.4 Å². The number of hydrogen-bond acceptors (Lipinski definition) is 5. The van der Waals surface area contributed by atoms with Gasteiger partial charge in [-0.05, 0) is 6.92 Å². The topological polar surface area (TPSA) is 97.1 Å².